The van der Waals surface area contributed by atoms with Crippen LogP contribution in [0.15, 0.2) is 0 Å². The molecule has 0 bridgehead atoms. The van der Waals surface area contributed by atoms with Crippen LogP contribution in [0, 0.1) is 17.8 Å². The first-order valence-electron chi connectivity index (χ1n) is 6.94. The molecule has 0 aromatic rings. The smallest absolute Gasteiger partial charge is 0.00193 e. The highest BCUT2D eigenvalue weighted by Crippen LogP contribution is 2.23. The van der Waals surface area contributed by atoms with Gasteiger partial charge in [0.05, 0.1) is 0 Å². The van der Waals surface area contributed by atoms with Crippen LogP contribution in [0.3, 0.4) is 0 Å². The van der Waals surface area contributed by atoms with Gasteiger partial charge in [0.15, 0.2) is 0 Å². The number of likely N-dealkylation sites (tertiary alicyclic amines) is 1. The van der Waals surface area contributed by atoms with Crippen molar-refractivity contribution in [2.45, 2.75) is 47.1 Å². The van der Waals surface area contributed by atoms with Gasteiger partial charge in [-0.25, -0.2) is 0 Å². The summed E-state index contributed by atoms with van der Waals surface area (Å²) in [7, 11) is 0. The Labute approximate surface area is 102 Å². The summed E-state index contributed by atoms with van der Waals surface area (Å²) >= 11 is 0. The lowest BCUT2D eigenvalue weighted by Gasteiger charge is -2.22. The maximum Gasteiger partial charge on any atom is 0.00193 e. The second-order valence-electron chi connectivity index (χ2n) is 6.22. The number of nitrogens with one attached hydrogen (secondary N) is 1. The van der Waals surface area contributed by atoms with E-state index in [1.807, 2.05) is 0 Å². The second-order valence-corrected chi connectivity index (χ2v) is 6.22. The van der Waals surface area contributed by atoms with Crippen LogP contribution >= 0.6 is 0 Å². The molecule has 1 N–H and O–H groups in total. The lowest BCUT2D eigenvalue weighted by atomic mass is 9.95. The van der Waals surface area contributed by atoms with Gasteiger partial charge >= 0.3 is 0 Å². The molecule has 0 aliphatic carbocycles. The van der Waals surface area contributed by atoms with Crippen molar-refractivity contribution in [2.24, 2.45) is 17.8 Å². The van der Waals surface area contributed by atoms with Crippen molar-refractivity contribution in [2.75, 3.05) is 26.2 Å². The number of hydrogen-bond donors (Lipinski definition) is 1. The average molecular weight is 226 g/mol. The molecule has 0 aromatic carbocycles. The first-order valence-corrected chi connectivity index (χ1v) is 6.94. The molecule has 1 fully saturated rings. The minimum atomic E-state index is 0.615. The van der Waals surface area contributed by atoms with E-state index < -0.39 is 0 Å². The summed E-state index contributed by atoms with van der Waals surface area (Å²) in [5, 5.41) is 3.53. The second kappa shape index (κ2) is 6.61. The van der Waals surface area contributed by atoms with E-state index in [1.165, 1.54) is 26.1 Å². The lowest BCUT2D eigenvalue weighted by Crippen LogP contribution is -2.34. The van der Waals surface area contributed by atoms with Gasteiger partial charge in [-0.2, -0.15) is 0 Å². The maximum absolute atomic E-state index is 3.53. The van der Waals surface area contributed by atoms with E-state index in [2.05, 4.69) is 44.8 Å². The van der Waals surface area contributed by atoms with Gasteiger partial charge in [0.1, 0.15) is 0 Å². The summed E-state index contributed by atoms with van der Waals surface area (Å²) in [5.74, 6) is 2.56. The third kappa shape index (κ3) is 4.84. The zero-order chi connectivity index (χ0) is 12.1. The monoisotopic (exact) mass is 226 g/mol. The van der Waals surface area contributed by atoms with Crippen LogP contribution in [0.25, 0.3) is 0 Å². The molecule has 1 saturated heterocycles. The highest BCUT2D eigenvalue weighted by Gasteiger charge is 2.25. The predicted octanol–water partition coefficient (Wildman–Crippen LogP) is 2.60. The Morgan fingerprint density at radius 3 is 2.38 bits per heavy atom. The molecule has 2 unspecified atom stereocenters. The van der Waals surface area contributed by atoms with E-state index in [4.69, 9.17) is 0 Å². The fourth-order valence-electron chi connectivity index (χ4n) is 2.51. The molecular formula is C14H30N2. The van der Waals surface area contributed by atoms with E-state index in [0.717, 1.165) is 24.3 Å². The van der Waals surface area contributed by atoms with Crippen LogP contribution in [0.4, 0.5) is 0 Å². The minimum Gasteiger partial charge on any atom is -0.314 e. The normalized spacial score (nSPS) is 24.6. The SMILES string of the molecule is CC(CNC(C)C)CN1CCC(C(C)C)C1. The van der Waals surface area contributed by atoms with Crippen molar-refractivity contribution < 1.29 is 0 Å². The fraction of sp³-hybridized carbons (Fsp3) is 1.00. The Kier molecular flexibility index (Phi) is 5.77. The van der Waals surface area contributed by atoms with Gasteiger partial charge < -0.3 is 10.2 Å². The van der Waals surface area contributed by atoms with E-state index >= 15 is 0 Å². The number of rotatable bonds is 6. The van der Waals surface area contributed by atoms with Gasteiger partial charge in [-0.3, -0.25) is 0 Å². The third-order valence-corrected chi connectivity index (χ3v) is 3.70. The Hall–Kier alpha value is -0.0800. The van der Waals surface area contributed by atoms with Crippen molar-refractivity contribution in [3.63, 3.8) is 0 Å². The zero-order valence-electron chi connectivity index (χ0n) is 11.8. The Morgan fingerprint density at radius 1 is 1.19 bits per heavy atom. The van der Waals surface area contributed by atoms with Crippen molar-refractivity contribution in [1.82, 2.24) is 10.2 Å². The van der Waals surface area contributed by atoms with E-state index in [0.29, 0.717) is 6.04 Å². The summed E-state index contributed by atoms with van der Waals surface area (Å²) in [5.41, 5.74) is 0. The Balaban J connectivity index is 2.18. The highest BCUT2D eigenvalue weighted by atomic mass is 15.1. The largest absolute Gasteiger partial charge is 0.314 e. The maximum atomic E-state index is 3.53. The molecule has 0 saturated carbocycles. The first kappa shape index (κ1) is 14.0. The Morgan fingerprint density at radius 2 is 1.88 bits per heavy atom. The Bertz CT molecular complexity index is 189. The molecule has 0 aromatic heterocycles. The molecule has 1 heterocycles. The van der Waals surface area contributed by atoms with Crippen LogP contribution in [0.2, 0.25) is 0 Å². The molecule has 96 valence electrons. The summed E-state index contributed by atoms with van der Waals surface area (Å²) in [4.78, 5) is 2.65. The molecule has 1 aliphatic heterocycles. The molecule has 1 aliphatic rings. The van der Waals surface area contributed by atoms with Gasteiger partial charge in [-0.05, 0) is 37.3 Å². The standard InChI is InChI=1S/C14H30N2/c1-11(2)14-6-7-16(10-14)9-13(5)8-15-12(3)4/h11-15H,6-10H2,1-5H3. The topological polar surface area (TPSA) is 15.3 Å². The molecule has 2 nitrogen and oxygen atoms in total. The van der Waals surface area contributed by atoms with Crippen LogP contribution in [0.1, 0.15) is 41.0 Å². The first-order chi connectivity index (χ1) is 7.49. The summed E-state index contributed by atoms with van der Waals surface area (Å²) in [6.07, 6.45) is 1.40. The molecule has 0 amide bonds. The summed E-state index contributed by atoms with van der Waals surface area (Å²) in [6.45, 7) is 16.6. The van der Waals surface area contributed by atoms with E-state index in [-0.39, 0.29) is 0 Å². The fourth-order valence-corrected chi connectivity index (χ4v) is 2.51. The minimum absolute atomic E-state index is 0.615. The van der Waals surface area contributed by atoms with Crippen LogP contribution in [-0.4, -0.2) is 37.1 Å². The summed E-state index contributed by atoms with van der Waals surface area (Å²) < 4.78 is 0. The van der Waals surface area contributed by atoms with Crippen LogP contribution in [0.5, 0.6) is 0 Å². The van der Waals surface area contributed by atoms with Crippen LogP contribution in [-0.2, 0) is 0 Å². The number of nitrogens with zero attached hydrogens (tertiary/aromatic N) is 1. The lowest BCUT2D eigenvalue weighted by molar-refractivity contribution is 0.260. The zero-order valence-corrected chi connectivity index (χ0v) is 11.8. The van der Waals surface area contributed by atoms with Gasteiger partial charge in [-0.1, -0.05) is 34.6 Å². The van der Waals surface area contributed by atoms with Gasteiger partial charge in [-0.15, -0.1) is 0 Å². The van der Waals surface area contributed by atoms with Crippen molar-refractivity contribution in [3.8, 4) is 0 Å². The van der Waals surface area contributed by atoms with Crippen molar-refractivity contribution >= 4 is 0 Å². The molecular weight excluding hydrogens is 196 g/mol. The predicted molar refractivity (Wildman–Crippen MR) is 71.7 cm³/mol. The van der Waals surface area contributed by atoms with Crippen molar-refractivity contribution in [3.05, 3.63) is 0 Å². The van der Waals surface area contributed by atoms with Gasteiger partial charge in [0.25, 0.3) is 0 Å². The highest BCUT2D eigenvalue weighted by molar-refractivity contribution is 4.79. The van der Waals surface area contributed by atoms with E-state index in [9.17, 15) is 0 Å². The molecule has 0 radical (unpaired) electrons. The quantitative estimate of drug-likeness (QED) is 0.749. The number of hydrogen-bond acceptors (Lipinski definition) is 2. The molecule has 16 heavy (non-hydrogen) atoms. The van der Waals surface area contributed by atoms with Crippen LogP contribution < -0.4 is 5.32 Å². The molecule has 0 spiro atoms. The van der Waals surface area contributed by atoms with Crippen molar-refractivity contribution in [1.29, 1.82) is 0 Å². The summed E-state index contributed by atoms with van der Waals surface area (Å²) in [6, 6.07) is 0.615. The van der Waals surface area contributed by atoms with Gasteiger partial charge in [0, 0.05) is 19.1 Å². The van der Waals surface area contributed by atoms with E-state index in [1.54, 1.807) is 0 Å². The average Bonchev–Trinajstić information content (AvgIpc) is 2.63. The molecule has 2 heteroatoms. The molecule has 2 atom stereocenters. The molecule has 1 rings (SSSR count). The van der Waals surface area contributed by atoms with Gasteiger partial charge in [0.2, 0.25) is 0 Å². The third-order valence-electron chi connectivity index (χ3n) is 3.70.